The quantitative estimate of drug-likeness (QED) is 0.489. The average molecular weight is 154 g/mol. The Balaban J connectivity index is 2.32. The third-order valence-electron chi connectivity index (χ3n) is 1.45. The van der Waals surface area contributed by atoms with E-state index >= 15 is 0 Å². The highest BCUT2D eigenvalue weighted by Gasteiger charge is 2.29. The highest BCUT2D eigenvalue weighted by Crippen LogP contribution is 2.27. The van der Waals surface area contributed by atoms with E-state index in [0.29, 0.717) is 0 Å². The van der Waals surface area contributed by atoms with Crippen LogP contribution in [-0.4, -0.2) is 10.7 Å². The van der Waals surface area contributed by atoms with Gasteiger partial charge in [0.15, 0.2) is 11.0 Å². The Morgan fingerprint density at radius 1 is 1.60 bits per heavy atom. The summed E-state index contributed by atoms with van der Waals surface area (Å²) < 4.78 is 16.2. The second kappa shape index (κ2) is 2.18. The van der Waals surface area contributed by atoms with Gasteiger partial charge >= 0.3 is 0 Å². The maximum absolute atomic E-state index is 11.1. The summed E-state index contributed by atoms with van der Waals surface area (Å²) in [5.74, 6) is 0. The lowest BCUT2D eigenvalue weighted by Gasteiger charge is -2.12. The Morgan fingerprint density at radius 2 is 2.50 bits per heavy atom. The van der Waals surface area contributed by atoms with Gasteiger partial charge in [0.05, 0.1) is 6.26 Å². The minimum absolute atomic E-state index is 0.0640. The molecule has 0 aliphatic carbocycles. The first-order valence-corrected chi connectivity index (χ1v) is 4.20. The molecule has 2 aliphatic rings. The molecule has 2 unspecified atom stereocenters. The zero-order chi connectivity index (χ0) is 6.97. The minimum Gasteiger partial charge on any atom is -0.607 e. The predicted octanol–water partition coefficient (Wildman–Crippen LogP) is 1.06. The van der Waals surface area contributed by atoms with Crippen LogP contribution >= 0.6 is 0 Å². The van der Waals surface area contributed by atoms with E-state index in [2.05, 4.69) is 0 Å². The average Bonchev–Trinajstić information content (AvgIpc) is 2.34. The number of allylic oxidation sites excluding steroid dienone is 2. The molecule has 2 nitrogen and oxygen atoms in total. The van der Waals surface area contributed by atoms with Crippen molar-refractivity contribution in [1.29, 1.82) is 0 Å². The van der Waals surface area contributed by atoms with Gasteiger partial charge < -0.3 is 9.29 Å². The monoisotopic (exact) mass is 154 g/mol. The third kappa shape index (κ3) is 0.786. The molecule has 0 amide bonds. The zero-order valence-electron chi connectivity index (χ0n) is 5.19. The summed E-state index contributed by atoms with van der Waals surface area (Å²) in [6.45, 7) is 0. The van der Waals surface area contributed by atoms with E-state index < -0.39 is 11.2 Å². The summed E-state index contributed by atoms with van der Waals surface area (Å²) in [7, 11) is 0. The van der Waals surface area contributed by atoms with Gasteiger partial charge in [0, 0.05) is 17.3 Å². The normalized spacial score (nSPS) is 35.1. The lowest BCUT2D eigenvalue weighted by molar-refractivity contribution is 0.222. The summed E-state index contributed by atoms with van der Waals surface area (Å²) in [5, 5.41) is 1.66. The van der Waals surface area contributed by atoms with Crippen LogP contribution < -0.4 is 0 Å². The van der Waals surface area contributed by atoms with E-state index in [1.807, 2.05) is 12.2 Å². The van der Waals surface area contributed by atoms with Crippen molar-refractivity contribution >= 4 is 11.2 Å². The first-order valence-electron chi connectivity index (χ1n) is 2.99. The predicted molar refractivity (Wildman–Crippen MR) is 39.4 cm³/mol. The molecule has 0 aromatic heterocycles. The summed E-state index contributed by atoms with van der Waals surface area (Å²) in [5.41, 5.74) is 0. The van der Waals surface area contributed by atoms with Crippen LogP contribution in [0.3, 0.4) is 0 Å². The Bertz CT molecular complexity index is 230. The molecule has 3 heteroatoms. The van der Waals surface area contributed by atoms with Crippen molar-refractivity contribution in [3.05, 3.63) is 34.8 Å². The first-order chi connectivity index (χ1) is 4.88. The van der Waals surface area contributed by atoms with Crippen LogP contribution in [0.4, 0.5) is 0 Å². The standard InChI is InChI=1S/C7H6O2S/c8-10-5-3-6-7(10)2-1-4-9-6/h1-6H. The molecule has 2 heterocycles. The van der Waals surface area contributed by atoms with Gasteiger partial charge in [0.25, 0.3) is 0 Å². The summed E-state index contributed by atoms with van der Waals surface area (Å²) in [6.07, 6.45) is 6.96. The molecule has 0 N–H and O–H groups in total. The second-order valence-corrected chi connectivity index (χ2v) is 3.42. The molecule has 0 saturated heterocycles. The van der Waals surface area contributed by atoms with Gasteiger partial charge in [-0.05, 0) is 12.2 Å². The molecule has 10 heavy (non-hydrogen) atoms. The number of fused-ring (bicyclic) bond motifs is 1. The number of hydrogen-bond donors (Lipinski definition) is 0. The number of hydrogen-bond acceptors (Lipinski definition) is 2. The van der Waals surface area contributed by atoms with Crippen molar-refractivity contribution in [3.63, 3.8) is 0 Å². The molecule has 0 bridgehead atoms. The summed E-state index contributed by atoms with van der Waals surface area (Å²) in [6, 6.07) is 0. The van der Waals surface area contributed by atoms with Crippen molar-refractivity contribution < 1.29 is 9.29 Å². The maximum atomic E-state index is 11.1. The summed E-state index contributed by atoms with van der Waals surface area (Å²) in [4.78, 5) is 0.850. The van der Waals surface area contributed by atoms with Crippen LogP contribution in [0.2, 0.25) is 0 Å². The molecule has 0 spiro atoms. The molecule has 52 valence electrons. The van der Waals surface area contributed by atoms with E-state index in [1.54, 1.807) is 17.7 Å². The molecule has 0 fully saturated rings. The van der Waals surface area contributed by atoms with Crippen molar-refractivity contribution in [3.8, 4) is 0 Å². The minimum atomic E-state index is -0.935. The Hall–Kier alpha value is -0.670. The van der Waals surface area contributed by atoms with E-state index in [4.69, 9.17) is 4.74 Å². The van der Waals surface area contributed by atoms with Crippen LogP contribution in [0.5, 0.6) is 0 Å². The molecule has 0 saturated carbocycles. The molecule has 0 aromatic carbocycles. The Kier molecular flexibility index (Phi) is 1.32. The smallest absolute Gasteiger partial charge is 0.189 e. The molecule has 0 radical (unpaired) electrons. The topological polar surface area (TPSA) is 32.3 Å². The SMILES string of the molecule is [O-][S+]1C=CC2OC=CC=C21. The van der Waals surface area contributed by atoms with Gasteiger partial charge in [-0.25, -0.2) is 0 Å². The van der Waals surface area contributed by atoms with Gasteiger partial charge in [-0.1, -0.05) is 0 Å². The molecule has 0 aromatic rings. The van der Waals surface area contributed by atoms with Crippen LogP contribution in [0, 0.1) is 0 Å². The molecular formula is C7H6O2S. The fourth-order valence-electron chi connectivity index (χ4n) is 0.969. The van der Waals surface area contributed by atoms with Gasteiger partial charge in [-0.2, -0.15) is 0 Å². The van der Waals surface area contributed by atoms with Crippen LogP contribution in [-0.2, 0) is 15.9 Å². The third-order valence-corrected chi connectivity index (χ3v) is 2.69. The van der Waals surface area contributed by atoms with Gasteiger partial charge in [0.1, 0.15) is 5.41 Å². The van der Waals surface area contributed by atoms with Gasteiger partial charge in [0.2, 0.25) is 0 Å². The van der Waals surface area contributed by atoms with Crippen molar-refractivity contribution in [2.24, 2.45) is 0 Å². The van der Waals surface area contributed by atoms with Gasteiger partial charge in [-0.3, -0.25) is 0 Å². The summed E-state index contributed by atoms with van der Waals surface area (Å²) >= 11 is -0.935. The van der Waals surface area contributed by atoms with Crippen LogP contribution in [0.25, 0.3) is 0 Å². The fraction of sp³-hybridized carbons (Fsp3) is 0.143. The maximum Gasteiger partial charge on any atom is 0.189 e. The first kappa shape index (κ1) is 6.07. The number of rotatable bonds is 0. The highest BCUT2D eigenvalue weighted by molar-refractivity contribution is 7.98. The van der Waals surface area contributed by atoms with E-state index in [-0.39, 0.29) is 6.10 Å². The highest BCUT2D eigenvalue weighted by atomic mass is 32.2. The van der Waals surface area contributed by atoms with Gasteiger partial charge in [-0.15, -0.1) is 0 Å². The van der Waals surface area contributed by atoms with Crippen molar-refractivity contribution in [1.82, 2.24) is 0 Å². The number of ether oxygens (including phenoxy) is 1. The van der Waals surface area contributed by atoms with E-state index in [1.165, 1.54) is 0 Å². The van der Waals surface area contributed by atoms with E-state index in [9.17, 15) is 4.55 Å². The van der Waals surface area contributed by atoms with Crippen molar-refractivity contribution in [2.45, 2.75) is 6.10 Å². The molecule has 2 rings (SSSR count). The zero-order valence-corrected chi connectivity index (χ0v) is 6.01. The molecule has 2 aliphatic heterocycles. The lowest BCUT2D eigenvalue weighted by atomic mass is 10.3. The van der Waals surface area contributed by atoms with Crippen molar-refractivity contribution in [2.75, 3.05) is 0 Å². The lowest BCUT2D eigenvalue weighted by Crippen LogP contribution is -2.12. The fourth-order valence-corrected chi connectivity index (χ4v) is 1.99. The Morgan fingerprint density at radius 3 is 3.30 bits per heavy atom. The van der Waals surface area contributed by atoms with E-state index in [0.717, 1.165) is 4.91 Å². The molecular weight excluding hydrogens is 148 g/mol. The van der Waals surface area contributed by atoms with Crippen LogP contribution in [0.1, 0.15) is 0 Å². The molecule has 2 atom stereocenters. The Labute approximate surface area is 62.1 Å². The van der Waals surface area contributed by atoms with Crippen LogP contribution in [0.15, 0.2) is 34.8 Å². The second-order valence-electron chi connectivity index (χ2n) is 2.08. The largest absolute Gasteiger partial charge is 0.607 e.